The number of carbonyl (C=O) groups excluding carboxylic acids is 2. The number of nitrogens with one attached hydrogen (secondary N) is 2. The third-order valence-corrected chi connectivity index (χ3v) is 8.60. The molecule has 10 heteroatoms. The average Bonchev–Trinajstić information content (AvgIpc) is 3.88. The third kappa shape index (κ3) is 5.28. The first kappa shape index (κ1) is 26.3. The Labute approximate surface area is 235 Å². The van der Waals surface area contributed by atoms with Crippen LogP contribution >= 0.6 is 11.6 Å². The molecule has 2 atom stereocenters. The molecule has 3 aliphatic rings. The van der Waals surface area contributed by atoms with Crippen molar-refractivity contribution in [1.82, 2.24) is 14.5 Å². The van der Waals surface area contributed by atoms with E-state index in [9.17, 15) is 19.2 Å². The van der Waals surface area contributed by atoms with Crippen molar-refractivity contribution in [3.05, 3.63) is 73.4 Å². The molecule has 9 nitrogen and oxygen atoms in total. The number of fused-ring (bicyclic) bond motifs is 1. The monoisotopic (exact) mass is 559 g/mol. The van der Waals surface area contributed by atoms with Gasteiger partial charge in [-0.05, 0) is 86.8 Å². The fourth-order valence-corrected chi connectivity index (χ4v) is 5.86. The summed E-state index contributed by atoms with van der Waals surface area (Å²) in [4.78, 5) is 52.8. The Hall–Kier alpha value is -3.90. The van der Waals surface area contributed by atoms with E-state index in [2.05, 4.69) is 10.6 Å². The molecule has 0 aliphatic heterocycles. The maximum Gasteiger partial charge on any atom is 0.331 e. The van der Waals surface area contributed by atoms with Crippen molar-refractivity contribution in [2.75, 3.05) is 5.32 Å². The molecule has 40 heavy (non-hydrogen) atoms. The van der Waals surface area contributed by atoms with Crippen LogP contribution in [-0.2, 0) is 17.9 Å². The van der Waals surface area contributed by atoms with Gasteiger partial charge in [-0.3, -0.25) is 23.5 Å². The summed E-state index contributed by atoms with van der Waals surface area (Å²) in [6.45, 7) is 1.03. The zero-order valence-corrected chi connectivity index (χ0v) is 22.7. The molecule has 3 aliphatic carbocycles. The van der Waals surface area contributed by atoms with Gasteiger partial charge in [0, 0.05) is 30.4 Å². The molecule has 3 fully saturated rings. The lowest BCUT2D eigenvalue weighted by Gasteiger charge is -2.21. The van der Waals surface area contributed by atoms with Gasteiger partial charge in [0.05, 0.1) is 27.4 Å². The van der Waals surface area contributed by atoms with Crippen molar-refractivity contribution in [2.24, 2.45) is 17.8 Å². The van der Waals surface area contributed by atoms with Gasteiger partial charge < -0.3 is 10.6 Å². The Balaban J connectivity index is 1.22. The van der Waals surface area contributed by atoms with Gasteiger partial charge in [0.15, 0.2) is 0 Å². The van der Waals surface area contributed by atoms with E-state index < -0.39 is 5.92 Å². The number of carbonyl (C=O) groups is 2. The Morgan fingerprint density at radius 2 is 1.68 bits per heavy atom. The van der Waals surface area contributed by atoms with E-state index in [4.69, 9.17) is 16.9 Å². The maximum atomic E-state index is 13.4. The topological polar surface area (TPSA) is 126 Å². The van der Waals surface area contributed by atoms with Crippen LogP contribution in [0.3, 0.4) is 0 Å². The molecule has 0 radical (unpaired) electrons. The van der Waals surface area contributed by atoms with Crippen LogP contribution in [0.4, 0.5) is 5.69 Å². The first-order valence-corrected chi connectivity index (χ1v) is 14.3. The molecule has 3 aromatic rings. The van der Waals surface area contributed by atoms with Crippen LogP contribution in [0, 0.1) is 29.1 Å². The van der Waals surface area contributed by atoms with Gasteiger partial charge in [-0.15, -0.1) is 0 Å². The number of halogens is 1. The predicted octanol–water partition coefficient (Wildman–Crippen LogP) is 4.05. The molecule has 1 aromatic heterocycles. The molecule has 2 amide bonds. The molecule has 2 N–H and O–H groups in total. The highest BCUT2D eigenvalue weighted by Gasteiger charge is 2.34. The van der Waals surface area contributed by atoms with E-state index in [0.717, 1.165) is 32.1 Å². The molecule has 0 saturated heterocycles. The standard InChI is InChI=1S/C30H30ClN5O4/c31-24-12-19(8-9-20(24)14-32)27(37)34-25-3-1-2-22(25)28(38)33-21-10-11-26-23(13-21)29(39)36(16-18-6-7-18)30(40)35(26)15-17-4-5-17/h8-13,17-18,22,25H,1-7,15-16H2,(H,33,38)(H,34,37)/t22-,25?/m1/s1. The van der Waals surface area contributed by atoms with Crippen molar-refractivity contribution in [3.63, 3.8) is 0 Å². The van der Waals surface area contributed by atoms with E-state index in [1.165, 1.54) is 22.8 Å². The smallest absolute Gasteiger partial charge is 0.331 e. The summed E-state index contributed by atoms with van der Waals surface area (Å²) < 4.78 is 3.09. The number of nitrogens with zero attached hydrogens (tertiary/aromatic N) is 3. The molecular weight excluding hydrogens is 530 g/mol. The third-order valence-electron chi connectivity index (χ3n) is 8.29. The SMILES string of the molecule is N#Cc1ccc(C(=O)NC2CCC[C@H]2C(=O)Nc2ccc3c(c2)c(=O)n(CC2CC2)c(=O)n3CC2CC2)cc1Cl. The fraction of sp³-hybridized carbons (Fsp3) is 0.433. The van der Waals surface area contributed by atoms with Gasteiger partial charge in [0.25, 0.3) is 11.5 Å². The second-order valence-electron chi connectivity index (χ2n) is 11.3. The molecule has 6 rings (SSSR count). The van der Waals surface area contributed by atoms with E-state index >= 15 is 0 Å². The molecule has 0 bridgehead atoms. The van der Waals surface area contributed by atoms with E-state index in [0.29, 0.717) is 59.9 Å². The summed E-state index contributed by atoms with van der Waals surface area (Å²) in [6.07, 6.45) is 6.29. The summed E-state index contributed by atoms with van der Waals surface area (Å²) >= 11 is 6.09. The summed E-state index contributed by atoms with van der Waals surface area (Å²) in [6, 6.07) is 11.3. The molecular formula is C30H30ClN5O4. The van der Waals surface area contributed by atoms with Gasteiger partial charge >= 0.3 is 5.69 Å². The quantitative estimate of drug-likeness (QED) is 0.431. The van der Waals surface area contributed by atoms with Crippen molar-refractivity contribution in [1.29, 1.82) is 5.26 Å². The lowest BCUT2D eigenvalue weighted by molar-refractivity contribution is -0.120. The number of rotatable bonds is 8. The van der Waals surface area contributed by atoms with Gasteiger partial charge in [-0.25, -0.2) is 4.79 Å². The number of aromatic nitrogens is 2. The minimum Gasteiger partial charge on any atom is -0.349 e. The maximum absolute atomic E-state index is 13.4. The highest BCUT2D eigenvalue weighted by Crippen LogP contribution is 2.32. The molecule has 2 aromatic carbocycles. The minimum atomic E-state index is -0.441. The van der Waals surface area contributed by atoms with E-state index in [1.54, 1.807) is 22.8 Å². The van der Waals surface area contributed by atoms with Crippen LogP contribution in [0.5, 0.6) is 0 Å². The van der Waals surface area contributed by atoms with Crippen LogP contribution in [0.25, 0.3) is 10.9 Å². The number of anilines is 1. The Morgan fingerprint density at radius 1 is 0.950 bits per heavy atom. The molecule has 206 valence electrons. The van der Waals surface area contributed by atoms with Crippen LogP contribution < -0.4 is 21.9 Å². The van der Waals surface area contributed by atoms with E-state index in [1.807, 2.05) is 6.07 Å². The number of hydrogen-bond donors (Lipinski definition) is 2. The average molecular weight is 560 g/mol. The first-order chi connectivity index (χ1) is 19.3. The number of nitriles is 1. The Morgan fingerprint density at radius 3 is 2.35 bits per heavy atom. The zero-order valence-electron chi connectivity index (χ0n) is 22.0. The van der Waals surface area contributed by atoms with Crippen LogP contribution in [0.15, 0.2) is 46.0 Å². The van der Waals surface area contributed by atoms with Crippen LogP contribution in [-0.4, -0.2) is 27.0 Å². The number of benzene rings is 2. The van der Waals surface area contributed by atoms with Crippen LogP contribution in [0.1, 0.15) is 60.9 Å². The predicted molar refractivity (Wildman–Crippen MR) is 151 cm³/mol. The Bertz CT molecular complexity index is 1680. The number of hydrogen-bond acceptors (Lipinski definition) is 5. The van der Waals surface area contributed by atoms with Crippen molar-refractivity contribution in [2.45, 2.75) is 64.1 Å². The Kier molecular flexibility index (Phi) is 6.97. The van der Waals surface area contributed by atoms with Gasteiger partial charge in [0.2, 0.25) is 5.91 Å². The highest BCUT2D eigenvalue weighted by molar-refractivity contribution is 6.32. The number of amides is 2. The molecule has 1 heterocycles. The fourth-order valence-electron chi connectivity index (χ4n) is 5.64. The zero-order chi connectivity index (χ0) is 28.0. The molecule has 1 unspecified atom stereocenters. The van der Waals surface area contributed by atoms with Crippen molar-refractivity contribution >= 4 is 40.0 Å². The normalized spacial score (nSPS) is 20.3. The second kappa shape index (κ2) is 10.6. The summed E-state index contributed by atoms with van der Waals surface area (Å²) in [5.74, 6) is -0.197. The highest BCUT2D eigenvalue weighted by atomic mass is 35.5. The lowest BCUT2D eigenvalue weighted by atomic mass is 10.0. The van der Waals surface area contributed by atoms with E-state index in [-0.39, 0.29) is 39.7 Å². The lowest BCUT2D eigenvalue weighted by Crippen LogP contribution is -2.42. The summed E-state index contributed by atoms with van der Waals surface area (Å²) in [5, 5.41) is 15.6. The molecule has 3 saturated carbocycles. The van der Waals surface area contributed by atoms with Crippen molar-refractivity contribution in [3.8, 4) is 6.07 Å². The van der Waals surface area contributed by atoms with Crippen molar-refractivity contribution < 1.29 is 9.59 Å². The van der Waals surface area contributed by atoms with Gasteiger partial charge in [-0.1, -0.05) is 18.0 Å². The second-order valence-corrected chi connectivity index (χ2v) is 11.7. The van der Waals surface area contributed by atoms with Gasteiger partial charge in [0.1, 0.15) is 6.07 Å². The molecule has 0 spiro atoms. The summed E-state index contributed by atoms with van der Waals surface area (Å²) in [7, 11) is 0. The van der Waals surface area contributed by atoms with Gasteiger partial charge in [-0.2, -0.15) is 5.26 Å². The largest absolute Gasteiger partial charge is 0.349 e. The summed E-state index contributed by atoms with van der Waals surface area (Å²) in [5.41, 5.74) is 1.13. The first-order valence-electron chi connectivity index (χ1n) is 13.9. The van der Waals surface area contributed by atoms with Crippen LogP contribution in [0.2, 0.25) is 5.02 Å². The minimum absolute atomic E-state index is 0.200.